The maximum Gasteiger partial charge on any atom is 0.364 e. The van der Waals surface area contributed by atoms with Crippen molar-refractivity contribution in [3.05, 3.63) is 0 Å². The minimum absolute atomic E-state index is 0.826. The van der Waals surface area contributed by atoms with Crippen LogP contribution in [-0.2, 0) is 71.3 Å². The highest BCUT2D eigenvalue weighted by molar-refractivity contribution is 5.78. The number of nitrogens with one attached hydrogen (secondary N) is 4. The fourth-order valence-electron chi connectivity index (χ4n) is 10.3. The smallest absolute Gasteiger partial charge is 0.364 e. The first-order valence-corrected chi connectivity index (χ1v) is 26.8. The van der Waals surface area contributed by atoms with Gasteiger partial charge in [0.25, 0.3) is 5.79 Å². The van der Waals surface area contributed by atoms with Crippen LogP contribution in [0.2, 0.25) is 0 Å². The zero-order valence-corrected chi connectivity index (χ0v) is 46.2. The second-order valence-corrected chi connectivity index (χ2v) is 21.0. The number of hydrogen-bond donors (Lipinski definition) is 24. The molecule has 24 N–H and O–H groups in total. The molecule has 0 spiro atoms. The highest BCUT2D eigenvalue weighted by atomic mass is 16.8. The minimum atomic E-state index is -3.43. The molecule has 5 aliphatic heterocycles. The van der Waals surface area contributed by atoms with Crippen molar-refractivity contribution in [2.75, 3.05) is 52.9 Å². The van der Waals surface area contributed by atoms with Crippen molar-refractivity contribution in [1.29, 1.82) is 0 Å². The molecule has 5 aliphatic rings. The molecule has 4 amide bonds. The van der Waals surface area contributed by atoms with E-state index in [-0.39, 0.29) is 0 Å². The van der Waals surface area contributed by atoms with Crippen molar-refractivity contribution in [1.82, 2.24) is 21.3 Å². The lowest BCUT2D eigenvalue weighted by atomic mass is 9.88. The fraction of sp³-hybridized carbons (Fsp3) is 0.894. The summed E-state index contributed by atoms with van der Waals surface area (Å²) >= 11 is 0. The highest BCUT2D eigenvalue weighted by Gasteiger charge is 2.62. The average Bonchev–Trinajstić information content (AvgIpc) is 1.17. The van der Waals surface area contributed by atoms with Crippen LogP contribution >= 0.6 is 0 Å². The fourth-order valence-corrected chi connectivity index (χ4v) is 10.3. The second kappa shape index (κ2) is 32.3. The van der Waals surface area contributed by atoms with Gasteiger partial charge >= 0.3 is 5.97 Å². The summed E-state index contributed by atoms with van der Waals surface area (Å²) in [5, 5.41) is 224. The van der Waals surface area contributed by atoms with Crippen molar-refractivity contribution in [2.24, 2.45) is 0 Å². The summed E-state index contributed by atoms with van der Waals surface area (Å²) in [5.41, 5.74) is 0. The summed E-state index contributed by atoms with van der Waals surface area (Å²) in [6.07, 6.45) is -54.3. The van der Waals surface area contributed by atoms with E-state index < -0.39 is 272 Å². The summed E-state index contributed by atoms with van der Waals surface area (Å²) in [6.45, 7) is -6.17. The first-order valence-electron chi connectivity index (χ1n) is 26.8. The molecule has 39 nitrogen and oxygen atoms in total. The SMILES string of the molecule is CC(=O)N[C@H]1[C@H](OC[C@@H](O)[C@H](O)[C@H](O[C@H]2O[C@H](CO)[C@H](O)[C@H](O)[C@H]2O)[C@H](CO)NC(C)=O)O[C@H](CO)[C@@H](O[C@@H]2O[C@H](CO)[C@H](O[C@@H]3O[C@H](CO)[C@H](O)[C@H](O)[C@H]3NC(C)=O)[C@H](O[C@]3(C(=O)O)C[C@H](O)[C@@H](NC(=O)CO)[C@H]([C@H](O)[C@H](O)CO)O3)[C@H]2O)[C@@H]1O. The molecular weight excluding hydrogens is 1180 g/mol. The first kappa shape index (κ1) is 72.9. The molecule has 0 aliphatic carbocycles. The molecule has 5 rings (SSSR count). The monoisotopic (exact) mass is 1260 g/mol. The number of aliphatic carboxylic acids is 1. The van der Waals surface area contributed by atoms with Crippen LogP contribution in [0.1, 0.15) is 27.2 Å². The average molecular weight is 1260 g/mol. The third-order valence-corrected chi connectivity index (χ3v) is 14.7. The van der Waals surface area contributed by atoms with Gasteiger partial charge in [-0.25, -0.2) is 4.79 Å². The van der Waals surface area contributed by atoms with Gasteiger partial charge in [-0.15, -0.1) is 0 Å². The van der Waals surface area contributed by atoms with Crippen LogP contribution in [0.25, 0.3) is 0 Å². The molecule has 5 saturated heterocycles. The third kappa shape index (κ3) is 17.0. The molecule has 39 heteroatoms. The highest BCUT2D eigenvalue weighted by Crippen LogP contribution is 2.40. The normalized spacial score (nSPS) is 40.7. The van der Waals surface area contributed by atoms with Gasteiger partial charge in [0.05, 0.1) is 64.4 Å². The molecule has 0 aromatic heterocycles. The second-order valence-electron chi connectivity index (χ2n) is 21.0. The number of amides is 4. The summed E-state index contributed by atoms with van der Waals surface area (Å²) in [7, 11) is 0. The Balaban J connectivity index is 1.51. The van der Waals surface area contributed by atoms with Crippen LogP contribution < -0.4 is 21.3 Å². The van der Waals surface area contributed by atoms with Crippen molar-refractivity contribution in [2.45, 2.75) is 210 Å². The van der Waals surface area contributed by atoms with Crippen LogP contribution in [0.5, 0.6) is 0 Å². The van der Waals surface area contributed by atoms with E-state index >= 15 is 0 Å². The minimum Gasteiger partial charge on any atom is -0.477 e. The topological polar surface area (TPSA) is 630 Å². The lowest BCUT2D eigenvalue weighted by Crippen LogP contribution is -2.72. The number of aliphatic hydroxyl groups excluding tert-OH is 19. The Labute approximate surface area is 487 Å². The zero-order valence-electron chi connectivity index (χ0n) is 46.2. The predicted molar refractivity (Wildman–Crippen MR) is 266 cm³/mol. The van der Waals surface area contributed by atoms with Crippen molar-refractivity contribution >= 4 is 29.6 Å². The van der Waals surface area contributed by atoms with Gasteiger partial charge in [0.1, 0.15) is 141 Å². The van der Waals surface area contributed by atoms with Crippen LogP contribution in [-0.4, -0.2) is 368 Å². The van der Waals surface area contributed by atoms with Gasteiger partial charge < -0.3 is 171 Å². The van der Waals surface area contributed by atoms with E-state index in [0.717, 1.165) is 20.8 Å². The van der Waals surface area contributed by atoms with Gasteiger partial charge in [0, 0.05) is 27.2 Å². The van der Waals surface area contributed by atoms with Gasteiger partial charge in [-0.2, -0.15) is 0 Å². The van der Waals surface area contributed by atoms with E-state index in [9.17, 15) is 126 Å². The standard InChI is InChI=1S/C47H80N4O35/c1-13(59)48-16(5-52)37(82-44-35(73)34(72)31(69)21(8-55)79-44)29(67)19(64)12-77-42-27(50-15(3)61)33(71)38(22(9-56)80-42)83-45-36(74)41(39(23(10-57)81-45)84-43-26(49-14(2)60)32(70)30(68)20(7-54)78-43)86-47(46(75)76)4-17(62)25(51-24(65)11-58)40(85-47)28(66)18(63)6-53/h16-23,25-45,52-58,62-64,66-74H,4-12H2,1-3H3,(H,48,59)(H,49,60)(H,50,61)(H,51,65)(H,75,76)/t16-,17-,18+,19+,20+,21+,22+,23+,25+,26+,27+,28+,29-,30-,31-,32+,33+,34-,35+,36+,37+,38+,39-,40+,41+,42+,43-,44+,45-,47-/m0/s1. The van der Waals surface area contributed by atoms with Gasteiger partial charge in [-0.05, 0) is 0 Å². The van der Waals surface area contributed by atoms with E-state index in [1.165, 1.54) is 0 Å². The summed E-state index contributed by atoms with van der Waals surface area (Å²) in [6, 6.07) is -7.26. The van der Waals surface area contributed by atoms with Crippen molar-refractivity contribution in [3.63, 3.8) is 0 Å². The molecule has 498 valence electrons. The number of carboxylic acid groups (broad SMARTS) is 1. The largest absolute Gasteiger partial charge is 0.477 e. The van der Waals surface area contributed by atoms with E-state index in [1.54, 1.807) is 0 Å². The Morgan fingerprint density at radius 1 is 0.547 bits per heavy atom. The van der Waals surface area contributed by atoms with E-state index in [2.05, 4.69) is 21.3 Å². The van der Waals surface area contributed by atoms with E-state index in [4.69, 9.17) is 47.4 Å². The molecule has 5 fully saturated rings. The number of hydrogen-bond acceptors (Lipinski definition) is 34. The number of aliphatic hydroxyl groups is 19. The Morgan fingerprint density at radius 2 is 1.07 bits per heavy atom. The molecule has 0 radical (unpaired) electrons. The molecule has 30 atom stereocenters. The Hall–Kier alpha value is -3.81. The lowest BCUT2D eigenvalue weighted by Gasteiger charge is -2.52. The van der Waals surface area contributed by atoms with E-state index in [0.29, 0.717) is 0 Å². The van der Waals surface area contributed by atoms with Crippen molar-refractivity contribution in [3.8, 4) is 0 Å². The lowest BCUT2D eigenvalue weighted by molar-refractivity contribution is -0.398. The van der Waals surface area contributed by atoms with Crippen molar-refractivity contribution < 1.29 is 173 Å². The summed E-state index contributed by atoms with van der Waals surface area (Å²) in [4.78, 5) is 63.2. The maximum absolute atomic E-state index is 13.5. The van der Waals surface area contributed by atoms with Gasteiger partial charge in [-0.1, -0.05) is 0 Å². The van der Waals surface area contributed by atoms with Gasteiger partial charge in [0.2, 0.25) is 23.6 Å². The number of carboxylic acids is 1. The molecule has 0 aromatic carbocycles. The van der Waals surface area contributed by atoms with Crippen LogP contribution in [0.3, 0.4) is 0 Å². The molecule has 0 bridgehead atoms. The first-order chi connectivity index (χ1) is 40.5. The number of carbonyl (C=O) groups excluding carboxylic acids is 4. The predicted octanol–water partition coefficient (Wildman–Crippen LogP) is -15.7. The quantitative estimate of drug-likeness (QED) is 0.0346. The Bertz CT molecular complexity index is 2180. The third-order valence-electron chi connectivity index (χ3n) is 14.7. The molecule has 0 aromatic rings. The van der Waals surface area contributed by atoms with Gasteiger partial charge in [-0.3, -0.25) is 19.2 Å². The van der Waals surface area contributed by atoms with Crippen LogP contribution in [0.4, 0.5) is 0 Å². The summed E-state index contributed by atoms with van der Waals surface area (Å²) in [5.74, 6) is -9.53. The molecule has 0 saturated carbocycles. The molecular formula is C47H80N4O35. The van der Waals surface area contributed by atoms with Crippen LogP contribution in [0, 0.1) is 0 Å². The number of rotatable bonds is 28. The Kier molecular flexibility index (Phi) is 27.4. The maximum atomic E-state index is 13.5. The van der Waals surface area contributed by atoms with Gasteiger partial charge in [0.15, 0.2) is 25.2 Å². The number of carbonyl (C=O) groups is 5. The molecule has 86 heavy (non-hydrogen) atoms. The zero-order chi connectivity index (χ0) is 64.4. The molecule has 0 unspecified atom stereocenters. The Morgan fingerprint density at radius 3 is 1.59 bits per heavy atom. The summed E-state index contributed by atoms with van der Waals surface area (Å²) < 4.78 is 57.9. The molecule has 5 heterocycles. The number of ether oxygens (including phenoxy) is 10. The van der Waals surface area contributed by atoms with E-state index in [1.807, 2.05) is 0 Å². The van der Waals surface area contributed by atoms with Crippen LogP contribution in [0.15, 0.2) is 0 Å².